The smallest absolute Gasteiger partial charge is 0.280 e. The van der Waals surface area contributed by atoms with E-state index in [4.69, 9.17) is 9.57 Å². The third kappa shape index (κ3) is 4.01. The zero-order valence-corrected chi connectivity index (χ0v) is 19.2. The fourth-order valence-electron chi connectivity index (χ4n) is 4.51. The number of anilines is 1. The van der Waals surface area contributed by atoms with Crippen LogP contribution in [0, 0.1) is 5.82 Å². The van der Waals surface area contributed by atoms with Gasteiger partial charge in [-0.3, -0.25) is 14.4 Å². The molecule has 2 aliphatic rings. The molecule has 0 spiro atoms. The molecule has 0 radical (unpaired) electrons. The summed E-state index contributed by atoms with van der Waals surface area (Å²) >= 11 is 0. The van der Waals surface area contributed by atoms with E-state index < -0.39 is 17.2 Å². The molecule has 3 aromatic rings. The molecule has 1 atom stereocenters. The summed E-state index contributed by atoms with van der Waals surface area (Å²) in [6.45, 7) is 5.33. The number of amides is 1. The summed E-state index contributed by atoms with van der Waals surface area (Å²) in [4.78, 5) is 35.5. The van der Waals surface area contributed by atoms with Crippen LogP contribution in [0.2, 0.25) is 0 Å². The zero-order chi connectivity index (χ0) is 23.8. The van der Waals surface area contributed by atoms with Crippen LogP contribution in [0.3, 0.4) is 0 Å². The van der Waals surface area contributed by atoms with Crippen molar-refractivity contribution < 1.29 is 18.8 Å². The molecule has 0 aliphatic carbocycles. The van der Waals surface area contributed by atoms with Crippen LogP contribution < -0.4 is 20.5 Å². The van der Waals surface area contributed by atoms with E-state index in [-0.39, 0.29) is 23.6 Å². The van der Waals surface area contributed by atoms with Crippen molar-refractivity contribution in [3.8, 4) is 5.75 Å². The number of carbonyl (C=O) groups excluding carboxylic acids is 1. The Labute approximate surface area is 196 Å². The average molecular weight is 467 g/mol. The number of halogens is 1. The number of nitrogens with zero attached hydrogens (tertiary/aromatic N) is 3. The normalized spacial score (nSPS) is 18.1. The van der Waals surface area contributed by atoms with Gasteiger partial charge in [0.1, 0.15) is 17.9 Å². The van der Waals surface area contributed by atoms with Gasteiger partial charge >= 0.3 is 0 Å². The largest absolute Gasteiger partial charge is 0.487 e. The first-order chi connectivity index (χ1) is 16.4. The maximum atomic E-state index is 15.4. The summed E-state index contributed by atoms with van der Waals surface area (Å²) in [5, 5.41) is 0.118. The van der Waals surface area contributed by atoms with Crippen LogP contribution in [0.5, 0.6) is 5.75 Å². The van der Waals surface area contributed by atoms with Crippen LogP contribution in [0.4, 0.5) is 10.1 Å². The number of hydrogen-bond donors (Lipinski definition) is 1. The lowest BCUT2D eigenvalue weighted by atomic mass is 10.0. The molecule has 0 bridgehead atoms. The lowest BCUT2D eigenvalue weighted by Crippen LogP contribution is -2.45. The highest BCUT2D eigenvalue weighted by Crippen LogP contribution is 2.42. The summed E-state index contributed by atoms with van der Waals surface area (Å²) in [6.07, 6.45) is 1.52. The highest BCUT2D eigenvalue weighted by atomic mass is 19.1. The highest BCUT2D eigenvalue weighted by Gasteiger charge is 2.31. The van der Waals surface area contributed by atoms with Crippen molar-refractivity contribution in [2.45, 2.75) is 19.6 Å². The molecule has 2 aromatic carbocycles. The Bertz CT molecular complexity index is 1290. The van der Waals surface area contributed by atoms with Gasteiger partial charge in [-0.05, 0) is 25.6 Å². The monoisotopic (exact) mass is 466 g/mol. The van der Waals surface area contributed by atoms with Gasteiger partial charge in [-0.15, -0.1) is 0 Å². The first-order valence-corrected chi connectivity index (χ1v) is 11.4. The summed E-state index contributed by atoms with van der Waals surface area (Å²) in [6, 6.07) is 10.4. The predicted octanol–water partition coefficient (Wildman–Crippen LogP) is 2.71. The average Bonchev–Trinajstić information content (AvgIpc) is 2.84. The molecule has 3 heterocycles. The van der Waals surface area contributed by atoms with Gasteiger partial charge in [-0.1, -0.05) is 30.3 Å². The van der Waals surface area contributed by atoms with E-state index in [9.17, 15) is 9.59 Å². The lowest BCUT2D eigenvalue weighted by Gasteiger charge is -2.37. The predicted molar refractivity (Wildman–Crippen MR) is 127 cm³/mol. The second kappa shape index (κ2) is 9.08. The van der Waals surface area contributed by atoms with Crippen LogP contribution in [0.25, 0.3) is 10.9 Å². The minimum absolute atomic E-state index is 0.105. The molecule has 34 heavy (non-hydrogen) atoms. The molecule has 0 saturated carbocycles. The zero-order valence-electron chi connectivity index (χ0n) is 19.2. The van der Waals surface area contributed by atoms with E-state index in [0.29, 0.717) is 36.6 Å². The number of carbonyl (C=O) groups is 1. The Morgan fingerprint density at radius 2 is 1.94 bits per heavy atom. The molecule has 178 valence electrons. The van der Waals surface area contributed by atoms with Crippen molar-refractivity contribution >= 4 is 22.5 Å². The van der Waals surface area contributed by atoms with Crippen LogP contribution >= 0.6 is 0 Å². The quantitative estimate of drug-likeness (QED) is 0.583. The molecule has 1 fully saturated rings. The van der Waals surface area contributed by atoms with E-state index >= 15 is 4.39 Å². The van der Waals surface area contributed by atoms with Crippen LogP contribution in [0.15, 0.2) is 47.4 Å². The minimum atomic E-state index is -0.671. The maximum Gasteiger partial charge on any atom is 0.280 e. The van der Waals surface area contributed by atoms with E-state index in [1.807, 2.05) is 53.8 Å². The van der Waals surface area contributed by atoms with Gasteiger partial charge < -0.3 is 19.1 Å². The summed E-state index contributed by atoms with van der Waals surface area (Å²) in [5.74, 6) is -0.833. The second-order valence-electron chi connectivity index (χ2n) is 8.87. The maximum absolute atomic E-state index is 15.4. The highest BCUT2D eigenvalue weighted by molar-refractivity contribution is 5.99. The van der Waals surface area contributed by atoms with E-state index in [2.05, 4.69) is 10.4 Å². The Kier molecular flexibility index (Phi) is 5.97. The number of ether oxygens (including phenoxy) is 1. The molecular formula is C25H27FN4O4. The van der Waals surface area contributed by atoms with Gasteiger partial charge in [0.25, 0.3) is 5.91 Å². The fourth-order valence-corrected chi connectivity index (χ4v) is 4.51. The van der Waals surface area contributed by atoms with Crippen molar-refractivity contribution in [1.82, 2.24) is 14.9 Å². The SMILES string of the molecule is C[C@H]1COc2c(N3CCN(C)CC3)c(F)cc3c(=O)c(C(=O)NOCc4ccccc4)cn1c23. The Balaban J connectivity index is 1.51. The van der Waals surface area contributed by atoms with Crippen molar-refractivity contribution in [1.29, 1.82) is 0 Å². The number of rotatable bonds is 5. The standard InChI is InChI=1S/C25H27FN4O4/c1-16-14-33-24-21-18(12-20(26)22(24)29-10-8-28(2)9-11-29)23(31)19(13-30(16)21)25(32)27-34-15-17-6-4-3-5-7-17/h3-7,12-13,16H,8-11,14-15H2,1-2H3,(H,27,32)/t16-/m0/s1. The van der Waals surface area contributed by atoms with E-state index in [1.54, 1.807) is 0 Å². The van der Waals surface area contributed by atoms with E-state index in [0.717, 1.165) is 18.7 Å². The number of benzene rings is 2. The van der Waals surface area contributed by atoms with Crippen molar-refractivity contribution in [3.63, 3.8) is 0 Å². The molecule has 5 rings (SSSR count). The second-order valence-corrected chi connectivity index (χ2v) is 8.87. The number of piperazine rings is 1. The number of hydrogen-bond acceptors (Lipinski definition) is 6. The van der Waals surface area contributed by atoms with Crippen LogP contribution in [0.1, 0.15) is 28.9 Å². The number of likely N-dealkylation sites (N-methyl/N-ethyl adjacent to an activating group) is 1. The van der Waals surface area contributed by atoms with Gasteiger partial charge in [-0.2, -0.15) is 0 Å². The molecule has 9 heteroatoms. The van der Waals surface area contributed by atoms with Crippen molar-refractivity contribution in [2.75, 3.05) is 44.7 Å². The number of nitrogens with one attached hydrogen (secondary N) is 1. The Morgan fingerprint density at radius 1 is 1.21 bits per heavy atom. The molecule has 1 aromatic heterocycles. The van der Waals surface area contributed by atoms with Crippen molar-refractivity contribution in [2.24, 2.45) is 0 Å². The first kappa shape index (κ1) is 22.4. The molecule has 0 unspecified atom stereocenters. The third-order valence-electron chi connectivity index (χ3n) is 6.45. The van der Waals surface area contributed by atoms with Crippen LogP contribution in [-0.4, -0.2) is 55.2 Å². The number of pyridine rings is 1. The summed E-state index contributed by atoms with van der Waals surface area (Å²) in [7, 11) is 2.03. The molecule has 8 nitrogen and oxygen atoms in total. The molecule has 1 amide bonds. The molecule has 1 N–H and O–H groups in total. The topological polar surface area (TPSA) is 76.0 Å². The van der Waals surface area contributed by atoms with Crippen molar-refractivity contribution in [3.05, 3.63) is 69.8 Å². The molecular weight excluding hydrogens is 439 g/mol. The van der Waals surface area contributed by atoms with E-state index in [1.165, 1.54) is 12.3 Å². The fraction of sp³-hybridized carbons (Fsp3) is 0.360. The first-order valence-electron chi connectivity index (χ1n) is 11.4. The number of hydroxylamine groups is 1. The molecule has 1 saturated heterocycles. The third-order valence-corrected chi connectivity index (χ3v) is 6.45. The summed E-state index contributed by atoms with van der Waals surface area (Å²) < 4.78 is 23.2. The lowest BCUT2D eigenvalue weighted by molar-refractivity contribution is 0.0232. The summed E-state index contributed by atoms with van der Waals surface area (Å²) in [5.41, 5.74) is 3.45. The number of aromatic nitrogens is 1. The van der Waals surface area contributed by atoms with Gasteiger partial charge in [-0.25, -0.2) is 9.87 Å². The minimum Gasteiger partial charge on any atom is -0.487 e. The molecule has 2 aliphatic heterocycles. The van der Waals surface area contributed by atoms with Crippen LogP contribution in [-0.2, 0) is 11.4 Å². The Hall–Kier alpha value is -3.43. The van der Waals surface area contributed by atoms with Gasteiger partial charge in [0, 0.05) is 32.4 Å². The van der Waals surface area contributed by atoms with Gasteiger partial charge in [0.2, 0.25) is 5.43 Å². The Morgan fingerprint density at radius 3 is 2.68 bits per heavy atom. The van der Waals surface area contributed by atoms with Gasteiger partial charge in [0.15, 0.2) is 11.6 Å². The van der Waals surface area contributed by atoms with Gasteiger partial charge in [0.05, 0.1) is 23.6 Å².